The molecule has 0 amide bonds. The Bertz CT molecular complexity index is 260. The molecule has 1 rings (SSSR count). The molecule has 0 aliphatic heterocycles. The molecule has 1 aromatic carbocycles. The van der Waals surface area contributed by atoms with E-state index in [-0.39, 0.29) is 12.4 Å². The van der Waals surface area contributed by atoms with Crippen LogP contribution in [-0.2, 0) is 11.3 Å². The molecule has 1 N–H and O–H groups in total. The van der Waals surface area contributed by atoms with Gasteiger partial charge in [-0.15, -0.1) is 0 Å². The summed E-state index contributed by atoms with van der Waals surface area (Å²) in [7, 11) is 0. The number of nitriles is 1. The lowest BCUT2D eigenvalue weighted by Crippen LogP contribution is -1.84. The van der Waals surface area contributed by atoms with Crippen LogP contribution in [0.3, 0.4) is 0 Å². The van der Waals surface area contributed by atoms with Crippen molar-refractivity contribution in [2.75, 3.05) is 0 Å². The highest BCUT2D eigenvalue weighted by Gasteiger charge is 1.91. The Morgan fingerprint density at radius 3 is 2.55 bits per heavy atom. The summed E-state index contributed by atoms with van der Waals surface area (Å²) in [5.41, 5.74) is 0.865. The van der Waals surface area contributed by atoms with Crippen molar-refractivity contribution in [3.05, 3.63) is 29.8 Å². The van der Waals surface area contributed by atoms with Crippen LogP contribution in [0.15, 0.2) is 24.3 Å². The summed E-state index contributed by atoms with van der Waals surface area (Å²) in [5.74, 6) is 0.214. The van der Waals surface area contributed by atoms with Crippen molar-refractivity contribution < 1.29 is 9.84 Å². The first kappa shape index (κ1) is 7.42. The quantitative estimate of drug-likeness (QED) is 0.646. The number of hydrogen-bond acceptors (Lipinski definition) is 3. The monoisotopic (exact) mass is 149 g/mol. The van der Waals surface area contributed by atoms with Gasteiger partial charge in [0.25, 0.3) is 6.26 Å². The average Bonchev–Trinajstić information content (AvgIpc) is 2.04. The highest BCUT2D eigenvalue weighted by atomic mass is 16.5. The minimum atomic E-state index is 0.214. The Morgan fingerprint density at radius 1 is 1.36 bits per heavy atom. The number of phenolic OH excluding ortho intramolecular Hbond substituents is 1. The topological polar surface area (TPSA) is 53.2 Å². The fourth-order valence-corrected chi connectivity index (χ4v) is 0.708. The number of hydrogen-bond donors (Lipinski definition) is 1. The van der Waals surface area contributed by atoms with Crippen molar-refractivity contribution in [2.45, 2.75) is 6.61 Å². The van der Waals surface area contributed by atoms with Gasteiger partial charge in [0.15, 0.2) is 0 Å². The molecule has 0 radical (unpaired) electrons. The molecule has 0 saturated heterocycles. The van der Waals surface area contributed by atoms with Gasteiger partial charge in [0.05, 0.1) is 0 Å². The van der Waals surface area contributed by atoms with Gasteiger partial charge < -0.3 is 9.84 Å². The van der Waals surface area contributed by atoms with E-state index >= 15 is 0 Å². The number of rotatable bonds is 2. The maximum Gasteiger partial charge on any atom is 0.286 e. The van der Waals surface area contributed by atoms with Gasteiger partial charge in [0.2, 0.25) is 0 Å². The molecule has 0 fully saturated rings. The first-order chi connectivity index (χ1) is 5.33. The predicted molar refractivity (Wildman–Crippen MR) is 38.5 cm³/mol. The Kier molecular flexibility index (Phi) is 2.34. The van der Waals surface area contributed by atoms with Gasteiger partial charge in [-0.3, -0.25) is 0 Å². The van der Waals surface area contributed by atoms with E-state index in [2.05, 4.69) is 4.74 Å². The van der Waals surface area contributed by atoms with Gasteiger partial charge in [-0.25, -0.2) is 0 Å². The number of benzene rings is 1. The molecule has 0 saturated carbocycles. The zero-order valence-electron chi connectivity index (χ0n) is 5.82. The summed E-state index contributed by atoms with van der Waals surface area (Å²) in [4.78, 5) is 0. The molecule has 3 nitrogen and oxygen atoms in total. The Labute approximate surface area is 64.5 Å². The van der Waals surface area contributed by atoms with Gasteiger partial charge in [-0.2, -0.15) is 5.26 Å². The molecule has 0 bridgehead atoms. The van der Waals surface area contributed by atoms with Crippen LogP contribution in [0.2, 0.25) is 0 Å². The van der Waals surface area contributed by atoms with Crippen molar-refractivity contribution in [3.8, 4) is 12.0 Å². The first-order valence-corrected chi connectivity index (χ1v) is 3.11. The van der Waals surface area contributed by atoms with Crippen LogP contribution in [0.25, 0.3) is 0 Å². The second-order valence-corrected chi connectivity index (χ2v) is 2.05. The highest BCUT2D eigenvalue weighted by Crippen LogP contribution is 2.09. The molecule has 0 spiro atoms. The lowest BCUT2D eigenvalue weighted by molar-refractivity contribution is 0.257. The third-order valence-electron chi connectivity index (χ3n) is 1.24. The van der Waals surface area contributed by atoms with E-state index in [4.69, 9.17) is 10.4 Å². The highest BCUT2D eigenvalue weighted by molar-refractivity contribution is 5.25. The predicted octanol–water partition coefficient (Wildman–Crippen LogP) is 1.39. The van der Waals surface area contributed by atoms with E-state index in [1.807, 2.05) is 0 Å². The number of nitrogens with zero attached hydrogens (tertiary/aromatic N) is 1. The third kappa shape index (κ3) is 2.18. The lowest BCUT2D eigenvalue weighted by atomic mass is 10.2. The summed E-state index contributed by atoms with van der Waals surface area (Å²) >= 11 is 0. The summed E-state index contributed by atoms with van der Waals surface area (Å²) < 4.78 is 4.48. The third-order valence-corrected chi connectivity index (χ3v) is 1.24. The van der Waals surface area contributed by atoms with E-state index in [0.29, 0.717) is 0 Å². The van der Waals surface area contributed by atoms with Crippen LogP contribution < -0.4 is 0 Å². The zero-order valence-corrected chi connectivity index (χ0v) is 5.82. The fraction of sp³-hybridized carbons (Fsp3) is 0.125. The zero-order chi connectivity index (χ0) is 8.10. The molecular formula is C8H7NO2. The molecule has 0 atom stereocenters. The van der Waals surface area contributed by atoms with Crippen molar-refractivity contribution in [2.24, 2.45) is 0 Å². The van der Waals surface area contributed by atoms with Crippen molar-refractivity contribution in [1.82, 2.24) is 0 Å². The number of aromatic hydroxyl groups is 1. The minimum absolute atomic E-state index is 0.214. The van der Waals surface area contributed by atoms with E-state index in [1.54, 1.807) is 30.5 Å². The molecule has 1 aromatic rings. The SMILES string of the molecule is N#COCc1ccc(O)cc1. The molecule has 0 aliphatic rings. The lowest BCUT2D eigenvalue weighted by Gasteiger charge is -1.96. The Morgan fingerprint density at radius 2 is 2.00 bits per heavy atom. The van der Waals surface area contributed by atoms with Crippen LogP contribution in [0.1, 0.15) is 5.56 Å². The van der Waals surface area contributed by atoms with Crippen LogP contribution in [0.5, 0.6) is 5.75 Å². The largest absolute Gasteiger partial charge is 0.508 e. The summed E-state index contributed by atoms with van der Waals surface area (Å²) in [6.07, 6.45) is 1.57. The van der Waals surface area contributed by atoms with Gasteiger partial charge in [-0.1, -0.05) is 12.1 Å². The molecule has 0 unspecified atom stereocenters. The normalized spacial score (nSPS) is 8.64. The van der Waals surface area contributed by atoms with Crippen LogP contribution in [-0.4, -0.2) is 5.11 Å². The summed E-state index contributed by atoms with van der Waals surface area (Å²) in [5, 5.41) is 16.9. The second kappa shape index (κ2) is 3.47. The number of phenols is 1. The van der Waals surface area contributed by atoms with E-state index < -0.39 is 0 Å². The maximum atomic E-state index is 8.88. The van der Waals surface area contributed by atoms with Crippen molar-refractivity contribution in [3.63, 3.8) is 0 Å². The molecular weight excluding hydrogens is 142 g/mol. The van der Waals surface area contributed by atoms with E-state index in [0.717, 1.165) is 5.56 Å². The molecule has 11 heavy (non-hydrogen) atoms. The molecule has 0 aromatic heterocycles. The minimum Gasteiger partial charge on any atom is -0.508 e. The van der Waals surface area contributed by atoms with Gasteiger partial charge >= 0.3 is 0 Å². The van der Waals surface area contributed by atoms with Gasteiger partial charge in [0.1, 0.15) is 12.4 Å². The number of ether oxygens (including phenoxy) is 1. The standard InChI is InChI=1S/C8H7NO2/c9-6-11-5-7-1-3-8(10)4-2-7/h1-4,10H,5H2. The molecule has 3 heteroatoms. The Balaban J connectivity index is 2.60. The second-order valence-electron chi connectivity index (χ2n) is 2.05. The molecule has 0 aliphatic carbocycles. The van der Waals surface area contributed by atoms with E-state index in [1.165, 1.54) is 0 Å². The van der Waals surface area contributed by atoms with Crippen molar-refractivity contribution in [1.29, 1.82) is 5.26 Å². The fourth-order valence-electron chi connectivity index (χ4n) is 0.708. The smallest absolute Gasteiger partial charge is 0.286 e. The van der Waals surface area contributed by atoms with Crippen LogP contribution in [0.4, 0.5) is 0 Å². The van der Waals surface area contributed by atoms with Crippen LogP contribution in [0, 0.1) is 11.5 Å². The summed E-state index contributed by atoms with van der Waals surface area (Å²) in [6.45, 7) is 0.261. The van der Waals surface area contributed by atoms with Crippen LogP contribution >= 0.6 is 0 Å². The van der Waals surface area contributed by atoms with Gasteiger partial charge in [0, 0.05) is 0 Å². The maximum absolute atomic E-state index is 8.88. The summed E-state index contributed by atoms with van der Waals surface area (Å²) in [6, 6.07) is 6.51. The average molecular weight is 149 g/mol. The van der Waals surface area contributed by atoms with Gasteiger partial charge in [-0.05, 0) is 17.7 Å². The first-order valence-electron chi connectivity index (χ1n) is 3.11. The molecule has 56 valence electrons. The Hall–Kier alpha value is -1.69. The van der Waals surface area contributed by atoms with E-state index in [9.17, 15) is 0 Å². The molecule has 0 heterocycles. The van der Waals surface area contributed by atoms with Crippen molar-refractivity contribution >= 4 is 0 Å².